The fraction of sp³-hybridized carbons (Fsp3) is 0.550. The maximum atomic E-state index is 11.4. The van der Waals surface area contributed by atoms with Crippen LogP contribution in [0.3, 0.4) is 0 Å². The molecule has 0 spiro atoms. The average molecular weight is 329 g/mol. The van der Waals surface area contributed by atoms with Crippen LogP contribution in [-0.2, 0) is 17.8 Å². The number of aliphatic carboxylic acids is 1. The van der Waals surface area contributed by atoms with Crippen LogP contribution in [0.5, 0.6) is 0 Å². The first-order valence-corrected chi connectivity index (χ1v) is 9.03. The van der Waals surface area contributed by atoms with Crippen LogP contribution in [0.1, 0.15) is 44.4 Å². The van der Waals surface area contributed by atoms with E-state index in [2.05, 4.69) is 24.8 Å². The van der Waals surface area contributed by atoms with Crippen LogP contribution in [-0.4, -0.2) is 29.1 Å². The van der Waals surface area contributed by atoms with Gasteiger partial charge in [0, 0.05) is 37.0 Å². The monoisotopic (exact) mass is 329 g/mol. The number of unbranched alkanes of at least 4 members (excludes halogenated alkanes) is 1. The first-order valence-electron chi connectivity index (χ1n) is 9.03. The molecule has 1 aromatic carbocycles. The van der Waals surface area contributed by atoms with Crippen molar-refractivity contribution in [1.29, 1.82) is 0 Å². The Morgan fingerprint density at radius 2 is 2.12 bits per heavy atom. The van der Waals surface area contributed by atoms with Gasteiger partial charge in [0.25, 0.3) is 0 Å². The molecule has 1 fully saturated rings. The number of aryl methyl sites for hydroxylation is 1. The second-order valence-corrected chi connectivity index (χ2v) is 7.17. The highest BCUT2D eigenvalue weighted by molar-refractivity contribution is 5.82. The van der Waals surface area contributed by atoms with Crippen molar-refractivity contribution in [2.75, 3.05) is 13.1 Å². The van der Waals surface area contributed by atoms with E-state index in [0.717, 1.165) is 50.1 Å². The largest absolute Gasteiger partial charge is 0.481 e. The number of rotatable bonds is 6. The maximum absolute atomic E-state index is 11.4. The number of piperidine rings is 1. The molecule has 2 unspecified atom stereocenters. The molecule has 2 heterocycles. The zero-order valence-electron chi connectivity index (χ0n) is 14.6. The number of fused-ring (bicyclic) bond motifs is 1. The molecule has 1 saturated heterocycles. The van der Waals surface area contributed by atoms with Gasteiger partial charge in [0.15, 0.2) is 0 Å². The summed E-state index contributed by atoms with van der Waals surface area (Å²) in [6.07, 6.45) is 3.98. The summed E-state index contributed by atoms with van der Waals surface area (Å²) in [5.41, 5.74) is 2.19. The van der Waals surface area contributed by atoms with Gasteiger partial charge in [-0.25, -0.2) is 0 Å². The highest BCUT2D eigenvalue weighted by Crippen LogP contribution is 2.30. The summed E-state index contributed by atoms with van der Waals surface area (Å²) in [4.78, 5) is 13.7. The second kappa shape index (κ2) is 7.39. The number of carboxylic acid groups (broad SMARTS) is 1. The molecular weight excluding hydrogens is 302 g/mol. The Balaban J connectivity index is 1.86. The lowest BCUT2D eigenvalue weighted by Gasteiger charge is -2.34. The molecule has 24 heavy (non-hydrogen) atoms. The first-order chi connectivity index (χ1) is 11.6. The van der Waals surface area contributed by atoms with E-state index in [9.17, 15) is 9.90 Å². The summed E-state index contributed by atoms with van der Waals surface area (Å²) in [5, 5.41) is 10.6. The van der Waals surface area contributed by atoms with E-state index >= 15 is 0 Å². The number of likely N-dealkylation sites (tertiary alicyclic amines) is 1. The maximum Gasteiger partial charge on any atom is 0.307 e. The van der Waals surface area contributed by atoms with Gasteiger partial charge < -0.3 is 9.52 Å². The van der Waals surface area contributed by atoms with Gasteiger partial charge in [-0.3, -0.25) is 9.69 Å². The smallest absolute Gasteiger partial charge is 0.307 e. The van der Waals surface area contributed by atoms with E-state index in [1.165, 1.54) is 10.9 Å². The van der Waals surface area contributed by atoms with Crippen molar-refractivity contribution in [1.82, 2.24) is 4.90 Å². The Bertz CT molecular complexity index is 706. The molecule has 1 N–H and O–H groups in total. The van der Waals surface area contributed by atoms with Crippen LogP contribution in [0.2, 0.25) is 0 Å². The predicted molar refractivity (Wildman–Crippen MR) is 95.0 cm³/mol. The van der Waals surface area contributed by atoms with Gasteiger partial charge in [0.1, 0.15) is 11.3 Å². The van der Waals surface area contributed by atoms with Gasteiger partial charge >= 0.3 is 5.97 Å². The van der Waals surface area contributed by atoms with Crippen molar-refractivity contribution in [3.63, 3.8) is 0 Å². The highest BCUT2D eigenvalue weighted by atomic mass is 16.4. The number of benzene rings is 1. The Kier molecular flexibility index (Phi) is 5.24. The summed E-state index contributed by atoms with van der Waals surface area (Å²) in [6, 6.07) is 8.19. The van der Waals surface area contributed by atoms with Gasteiger partial charge in [-0.05, 0) is 24.8 Å². The van der Waals surface area contributed by atoms with Crippen molar-refractivity contribution < 1.29 is 14.3 Å². The van der Waals surface area contributed by atoms with E-state index in [1.807, 2.05) is 18.2 Å². The third kappa shape index (κ3) is 3.64. The number of hydrogen-bond donors (Lipinski definition) is 1. The number of para-hydroxylation sites is 1. The van der Waals surface area contributed by atoms with Crippen LogP contribution >= 0.6 is 0 Å². The first kappa shape index (κ1) is 17.0. The lowest BCUT2D eigenvalue weighted by molar-refractivity contribution is -0.144. The fourth-order valence-electron chi connectivity index (χ4n) is 3.86. The van der Waals surface area contributed by atoms with Crippen molar-refractivity contribution in [3.8, 4) is 0 Å². The lowest BCUT2D eigenvalue weighted by Crippen LogP contribution is -2.42. The standard InChI is InChI=1S/C20H27NO3/c1-3-4-8-19-17(16-7-5-6-9-18(16)24-19)13-21-11-14(2)10-15(12-21)20(22)23/h5-7,9,14-15H,3-4,8,10-13H2,1-2H3,(H,22,23). The average Bonchev–Trinajstić information content (AvgIpc) is 2.90. The van der Waals surface area contributed by atoms with Crippen molar-refractivity contribution in [2.45, 2.75) is 46.1 Å². The zero-order valence-corrected chi connectivity index (χ0v) is 14.6. The van der Waals surface area contributed by atoms with Crippen LogP contribution < -0.4 is 0 Å². The molecule has 4 heteroatoms. The predicted octanol–water partition coefficient (Wildman–Crippen LogP) is 4.32. The second-order valence-electron chi connectivity index (χ2n) is 7.17. The van der Waals surface area contributed by atoms with Gasteiger partial charge in [0.2, 0.25) is 0 Å². The van der Waals surface area contributed by atoms with E-state index in [-0.39, 0.29) is 5.92 Å². The molecule has 1 aromatic heterocycles. The third-order valence-electron chi connectivity index (χ3n) is 5.01. The van der Waals surface area contributed by atoms with E-state index in [1.54, 1.807) is 0 Å². The molecule has 0 aliphatic carbocycles. The molecule has 0 bridgehead atoms. The van der Waals surface area contributed by atoms with Gasteiger partial charge in [-0.1, -0.05) is 38.5 Å². The van der Waals surface area contributed by atoms with Crippen LogP contribution in [0.25, 0.3) is 11.0 Å². The van der Waals surface area contributed by atoms with Gasteiger partial charge in [-0.2, -0.15) is 0 Å². The van der Waals surface area contributed by atoms with E-state index in [4.69, 9.17) is 4.42 Å². The number of carboxylic acids is 1. The molecular formula is C20H27NO3. The zero-order chi connectivity index (χ0) is 17.1. The quantitative estimate of drug-likeness (QED) is 0.857. The highest BCUT2D eigenvalue weighted by Gasteiger charge is 2.30. The topological polar surface area (TPSA) is 53.7 Å². The Morgan fingerprint density at radius 1 is 1.33 bits per heavy atom. The van der Waals surface area contributed by atoms with Gasteiger partial charge in [0.05, 0.1) is 5.92 Å². The lowest BCUT2D eigenvalue weighted by atomic mass is 9.90. The molecule has 4 nitrogen and oxygen atoms in total. The molecule has 3 rings (SSSR count). The van der Waals surface area contributed by atoms with E-state index < -0.39 is 5.97 Å². The summed E-state index contributed by atoms with van der Waals surface area (Å²) >= 11 is 0. The summed E-state index contributed by atoms with van der Waals surface area (Å²) in [6.45, 7) is 6.70. The SMILES string of the molecule is CCCCc1oc2ccccc2c1CN1CC(C)CC(C(=O)O)C1. The molecule has 0 saturated carbocycles. The van der Waals surface area contributed by atoms with E-state index in [0.29, 0.717) is 12.5 Å². The minimum Gasteiger partial charge on any atom is -0.481 e. The number of carbonyl (C=O) groups is 1. The van der Waals surface area contributed by atoms with Crippen LogP contribution in [0, 0.1) is 11.8 Å². The van der Waals surface area contributed by atoms with Crippen molar-refractivity contribution in [3.05, 3.63) is 35.6 Å². The normalized spacial score (nSPS) is 22.1. The Morgan fingerprint density at radius 3 is 2.88 bits per heavy atom. The molecule has 1 aliphatic rings. The molecule has 2 atom stereocenters. The van der Waals surface area contributed by atoms with Crippen molar-refractivity contribution >= 4 is 16.9 Å². The summed E-state index contributed by atoms with van der Waals surface area (Å²) < 4.78 is 6.10. The fourth-order valence-corrected chi connectivity index (χ4v) is 3.86. The molecule has 1 aliphatic heterocycles. The number of nitrogens with zero attached hydrogens (tertiary/aromatic N) is 1. The number of hydrogen-bond acceptors (Lipinski definition) is 3. The summed E-state index contributed by atoms with van der Waals surface area (Å²) in [7, 11) is 0. The van der Waals surface area contributed by atoms with Crippen molar-refractivity contribution in [2.24, 2.45) is 11.8 Å². The van der Waals surface area contributed by atoms with Crippen LogP contribution in [0.15, 0.2) is 28.7 Å². The molecule has 0 radical (unpaired) electrons. The third-order valence-corrected chi connectivity index (χ3v) is 5.01. The molecule has 2 aromatic rings. The number of furan rings is 1. The molecule has 0 amide bonds. The van der Waals surface area contributed by atoms with Gasteiger partial charge in [-0.15, -0.1) is 0 Å². The molecule has 130 valence electrons. The minimum absolute atomic E-state index is 0.258. The van der Waals surface area contributed by atoms with Crippen LogP contribution in [0.4, 0.5) is 0 Å². The summed E-state index contributed by atoms with van der Waals surface area (Å²) in [5.74, 6) is 0.557. The Hall–Kier alpha value is -1.81. The Labute approximate surface area is 143 Å². The minimum atomic E-state index is -0.671.